The van der Waals surface area contributed by atoms with Gasteiger partial charge in [-0.2, -0.15) is 5.10 Å². The number of halogens is 1. The molecule has 6 nitrogen and oxygen atoms in total. The smallest absolute Gasteiger partial charge is 0.270 e. The minimum absolute atomic E-state index is 0.285. The summed E-state index contributed by atoms with van der Waals surface area (Å²) in [4.78, 5) is 17.1. The van der Waals surface area contributed by atoms with Crippen molar-refractivity contribution in [1.82, 2.24) is 20.1 Å². The number of carbonyl (C=O) groups excluding carboxylic acids is 1. The molecule has 3 heterocycles. The molecular weight excluding hydrogens is 371 g/mol. The standard InChI is InChI=1S/C22H19FN4O2/c1-15-5-10-21(29-15)19-14-20(27(26-19)18-8-6-16(23)7-9-18)22(28)25-13-11-17-4-2-3-12-24-17/h2-10,12,14H,11,13H2,1H3,(H,25,28). The number of furan rings is 1. The lowest BCUT2D eigenvalue weighted by Crippen LogP contribution is -2.28. The van der Waals surface area contributed by atoms with E-state index in [-0.39, 0.29) is 11.7 Å². The quantitative estimate of drug-likeness (QED) is 0.541. The lowest BCUT2D eigenvalue weighted by atomic mass is 10.2. The van der Waals surface area contributed by atoms with Gasteiger partial charge in [0.15, 0.2) is 5.76 Å². The number of carbonyl (C=O) groups is 1. The van der Waals surface area contributed by atoms with Crippen molar-refractivity contribution in [3.63, 3.8) is 0 Å². The first-order valence-corrected chi connectivity index (χ1v) is 9.21. The predicted octanol–water partition coefficient (Wildman–Crippen LogP) is 3.95. The zero-order valence-corrected chi connectivity index (χ0v) is 15.8. The highest BCUT2D eigenvalue weighted by Gasteiger charge is 2.19. The Morgan fingerprint density at radius 3 is 2.66 bits per heavy atom. The molecule has 4 aromatic rings. The second-order valence-electron chi connectivity index (χ2n) is 6.54. The van der Waals surface area contributed by atoms with Crippen LogP contribution in [0.3, 0.4) is 0 Å². The van der Waals surface area contributed by atoms with E-state index in [4.69, 9.17) is 4.42 Å². The van der Waals surface area contributed by atoms with Gasteiger partial charge in [0.2, 0.25) is 0 Å². The number of rotatable bonds is 6. The lowest BCUT2D eigenvalue weighted by Gasteiger charge is -2.08. The van der Waals surface area contributed by atoms with Gasteiger partial charge in [-0.05, 0) is 55.5 Å². The van der Waals surface area contributed by atoms with Gasteiger partial charge in [-0.25, -0.2) is 9.07 Å². The Morgan fingerprint density at radius 1 is 1.14 bits per heavy atom. The van der Waals surface area contributed by atoms with Crippen LogP contribution in [-0.2, 0) is 6.42 Å². The van der Waals surface area contributed by atoms with Crippen molar-refractivity contribution in [2.75, 3.05) is 6.54 Å². The number of amides is 1. The Kier molecular flexibility index (Phi) is 5.20. The zero-order valence-electron chi connectivity index (χ0n) is 15.8. The highest BCUT2D eigenvalue weighted by Crippen LogP contribution is 2.24. The molecule has 7 heteroatoms. The minimum Gasteiger partial charge on any atom is -0.460 e. The van der Waals surface area contributed by atoms with Gasteiger partial charge in [-0.1, -0.05) is 6.07 Å². The van der Waals surface area contributed by atoms with Crippen molar-refractivity contribution >= 4 is 5.91 Å². The molecule has 0 aliphatic rings. The molecule has 0 aliphatic heterocycles. The van der Waals surface area contributed by atoms with E-state index in [9.17, 15) is 9.18 Å². The van der Waals surface area contributed by atoms with E-state index in [0.29, 0.717) is 35.8 Å². The lowest BCUT2D eigenvalue weighted by molar-refractivity contribution is 0.0946. The third-order valence-electron chi connectivity index (χ3n) is 4.40. The Hall–Kier alpha value is -3.74. The maximum Gasteiger partial charge on any atom is 0.270 e. The van der Waals surface area contributed by atoms with Crippen LogP contribution in [0.2, 0.25) is 0 Å². The fourth-order valence-corrected chi connectivity index (χ4v) is 2.96. The predicted molar refractivity (Wildman–Crippen MR) is 106 cm³/mol. The summed E-state index contributed by atoms with van der Waals surface area (Å²) in [6.45, 7) is 2.27. The van der Waals surface area contributed by atoms with E-state index >= 15 is 0 Å². The highest BCUT2D eigenvalue weighted by atomic mass is 19.1. The van der Waals surface area contributed by atoms with Crippen LogP contribution in [0.5, 0.6) is 0 Å². The molecule has 1 N–H and O–H groups in total. The van der Waals surface area contributed by atoms with Crippen LogP contribution in [-0.4, -0.2) is 27.2 Å². The monoisotopic (exact) mass is 390 g/mol. The third kappa shape index (κ3) is 4.24. The number of pyridine rings is 1. The Balaban J connectivity index is 1.60. The summed E-state index contributed by atoms with van der Waals surface area (Å²) >= 11 is 0. The van der Waals surface area contributed by atoms with Gasteiger partial charge in [0, 0.05) is 30.9 Å². The molecule has 0 radical (unpaired) electrons. The van der Waals surface area contributed by atoms with Crippen LogP contribution in [0.25, 0.3) is 17.1 Å². The first-order valence-electron chi connectivity index (χ1n) is 9.21. The molecule has 146 valence electrons. The van der Waals surface area contributed by atoms with Gasteiger partial charge < -0.3 is 9.73 Å². The highest BCUT2D eigenvalue weighted by molar-refractivity contribution is 5.94. The normalized spacial score (nSPS) is 10.8. The first-order chi connectivity index (χ1) is 14.1. The van der Waals surface area contributed by atoms with Gasteiger partial charge in [-0.15, -0.1) is 0 Å². The average molecular weight is 390 g/mol. The van der Waals surface area contributed by atoms with Crippen molar-refractivity contribution in [1.29, 1.82) is 0 Å². The number of hydrogen-bond acceptors (Lipinski definition) is 4. The van der Waals surface area contributed by atoms with Crippen LogP contribution >= 0.6 is 0 Å². The number of nitrogens with one attached hydrogen (secondary N) is 1. The Bertz CT molecular complexity index is 1120. The molecule has 1 amide bonds. The maximum absolute atomic E-state index is 13.3. The van der Waals surface area contributed by atoms with Crippen molar-refractivity contribution in [2.24, 2.45) is 0 Å². The number of aromatic nitrogens is 3. The first kappa shape index (κ1) is 18.6. The van der Waals surface area contributed by atoms with Crippen LogP contribution in [0.15, 0.2) is 71.3 Å². The fourth-order valence-electron chi connectivity index (χ4n) is 2.96. The summed E-state index contributed by atoms with van der Waals surface area (Å²) < 4.78 is 20.5. The zero-order chi connectivity index (χ0) is 20.2. The van der Waals surface area contributed by atoms with E-state index in [0.717, 1.165) is 11.5 Å². The summed E-state index contributed by atoms with van der Waals surface area (Å²) in [7, 11) is 0. The molecule has 1 aromatic carbocycles. The summed E-state index contributed by atoms with van der Waals surface area (Å²) in [5, 5.41) is 7.40. The molecule has 0 atom stereocenters. The average Bonchev–Trinajstić information content (AvgIpc) is 3.36. The van der Waals surface area contributed by atoms with E-state index in [1.54, 1.807) is 30.5 Å². The second-order valence-corrected chi connectivity index (χ2v) is 6.54. The molecule has 0 aliphatic carbocycles. The van der Waals surface area contributed by atoms with E-state index in [1.165, 1.54) is 16.8 Å². The van der Waals surface area contributed by atoms with Crippen molar-refractivity contribution in [3.8, 4) is 17.1 Å². The topological polar surface area (TPSA) is 73.0 Å². The molecule has 0 bridgehead atoms. The molecule has 29 heavy (non-hydrogen) atoms. The van der Waals surface area contributed by atoms with Gasteiger partial charge in [-0.3, -0.25) is 9.78 Å². The molecule has 0 saturated carbocycles. The second kappa shape index (κ2) is 8.10. The number of nitrogens with zero attached hydrogens (tertiary/aromatic N) is 3. The van der Waals surface area contributed by atoms with Crippen LogP contribution < -0.4 is 5.32 Å². The van der Waals surface area contributed by atoms with E-state index in [2.05, 4.69) is 15.4 Å². The van der Waals surface area contributed by atoms with Gasteiger partial charge >= 0.3 is 0 Å². The van der Waals surface area contributed by atoms with E-state index < -0.39 is 0 Å². The summed E-state index contributed by atoms with van der Waals surface area (Å²) in [5.41, 5.74) is 2.33. The van der Waals surface area contributed by atoms with Crippen molar-refractivity contribution < 1.29 is 13.6 Å². The summed E-state index contributed by atoms with van der Waals surface area (Å²) in [5.74, 6) is 0.667. The van der Waals surface area contributed by atoms with Gasteiger partial charge in [0.1, 0.15) is 23.0 Å². The SMILES string of the molecule is Cc1ccc(-c2cc(C(=O)NCCc3ccccn3)n(-c3ccc(F)cc3)n2)o1. The Morgan fingerprint density at radius 2 is 1.97 bits per heavy atom. The molecule has 0 fully saturated rings. The number of aryl methyl sites for hydroxylation is 1. The van der Waals surface area contributed by atoms with Crippen LogP contribution in [0, 0.1) is 12.7 Å². The largest absolute Gasteiger partial charge is 0.460 e. The molecule has 0 unspecified atom stereocenters. The van der Waals surface area contributed by atoms with Crippen molar-refractivity contribution in [3.05, 3.63) is 89.8 Å². The van der Waals surface area contributed by atoms with Crippen LogP contribution in [0.4, 0.5) is 4.39 Å². The molecule has 4 rings (SSSR count). The minimum atomic E-state index is -0.357. The fraction of sp³-hybridized carbons (Fsp3) is 0.136. The molecular formula is C22H19FN4O2. The van der Waals surface area contributed by atoms with E-state index in [1.807, 2.05) is 31.2 Å². The number of benzene rings is 1. The maximum atomic E-state index is 13.3. The van der Waals surface area contributed by atoms with Gasteiger partial charge in [0.25, 0.3) is 5.91 Å². The summed E-state index contributed by atoms with van der Waals surface area (Å²) in [6, 6.07) is 16.8. The Labute approximate surface area is 167 Å². The molecule has 0 saturated heterocycles. The van der Waals surface area contributed by atoms with Gasteiger partial charge in [0.05, 0.1) is 5.69 Å². The number of hydrogen-bond donors (Lipinski definition) is 1. The molecule has 3 aromatic heterocycles. The van der Waals surface area contributed by atoms with Crippen LogP contribution in [0.1, 0.15) is 21.9 Å². The summed E-state index contributed by atoms with van der Waals surface area (Å²) in [6.07, 6.45) is 2.33. The third-order valence-corrected chi connectivity index (χ3v) is 4.40. The van der Waals surface area contributed by atoms with Crippen molar-refractivity contribution in [2.45, 2.75) is 13.3 Å². The molecule has 0 spiro atoms.